The van der Waals surface area contributed by atoms with Crippen LogP contribution in [0.15, 0.2) is 24.3 Å². The van der Waals surface area contributed by atoms with Crippen molar-refractivity contribution in [3.05, 3.63) is 29.8 Å². The lowest BCUT2D eigenvalue weighted by molar-refractivity contribution is -0.117. The summed E-state index contributed by atoms with van der Waals surface area (Å²) in [6.45, 7) is 6.89. The molecule has 2 heterocycles. The molecule has 0 radical (unpaired) electrons. The van der Waals surface area contributed by atoms with Gasteiger partial charge in [0.15, 0.2) is 0 Å². The molecule has 4 heteroatoms. The molecule has 2 aliphatic rings. The first-order valence-corrected chi connectivity index (χ1v) is 7.45. The van der Waals surface area contributed by atoms with Crippen LogP contribution in [0.1, 0.15) is 18.4 Å². The van der Waals surface area contributed by atoms with Gasteiger partial charge in [-0.15, -0.1) is 0 Å². The van der Waals surface area contributed by atoms with Gasteiger partial charge in [-0.3, -0.25) is 9.69 Å². The molecule has 0 saturated carbocycles. The summed E-state index contributed by atoms with van der Waals surface area (Å²) < 4.78 is 0. The molecule has 1 aromatic rings. The van der Waals surface area contributed by atoms with E-state index >= 15 is 0 Å². The molecule has 1 unspecified atom stereocenters. The minimum atomic E-state index is 0.0959. The zero-order valence-electron chi connectivity index (χ0n) is 12.1. The number of likely N-dealkylation sites (tertiary alicyclic amines) is 1. The zero-order valence-corrected chi connectivity index (χ0v) is 12.1. The average Bonchev–Trinajstić information content (AvgIpc) is 3.00. The minimum absolute atomic E-state index is 0.0959. The summed E-state index contributed by atoms with van der Waals surface area (Å²) in [5, 5.41) is 6.44. The van der Waals surface area contributed by atoms with E-state index in [1.165, 1.54) is 18.4 Å². The van der Waals surface area contributed by atoms with Crippen LogP contribution in [0.25, 0.3) is 0 Å². The number of anilines is 1. The Labute approximate surface area is 120 Å². The Morgan fingerprint density at radius 2 is 2.35 bits per heavy atom. The van der Waals surface area contributed by atoms with Crippen LogP contribution >= 0.6 is 0 Å². The number of nitrogens with zero attached hydrogens (tertiary/aromatic N) is 1. The van der Waals surface area contributed by atoms with Crippen LogP contribution in [0.3, 0.4) is 0 Å². The van der Waals surface area contributed by atoms with Crippen molar-refractivity contribution in [3.8, 4) is 0 Å². The smallest absolute Gasteiger partial charge is 0.238 e. The highest BCUT2D eigenvalue weighted by Gasteiger charge is 2.40. The molecule has 3 rings (SSSR count). The maximum absolute atomic E-state index is 12.1. The van der Waals surface area contributed by atoms with Crippen molar-refractivity contribution in [3.63, 3.8) is 0 Å². The van der Waals surface area contributed by atoms with E-state index in [-0.39, 0.29) is 5.91 Å². The van der Waals surface area contributed by atoms with Crippen molar-refractivity contribution in [2.75, 3.05) is 38.0 Å². The van der Waals surface area contributed by atoms with E-state index < -0.39 is 0 Å². The summed E-state index contributed by atoms with van der Waals surface area (Å²) in [5.74, 6) is 0.0959. The quantitative estimate of drug-likeness (QED) is 0.879. The van der Waals surface area contributed by atoms with Crippen LogP contribution in [0.2, 0.25) is 0 Å². The fourth-order valence-corrected chi connectivity index (χ4v) is 3.43. The Morgan fingerprint density at radius 1 is 1.45 bits per heavy atom. The molecule has 2 aliphatic heterocycles. The number of rotatable bonds is 3. The standard InChI is InChI=1S/C16H23N3O/c1-13-3-2-4-14(9-13)18-15(20)10-19-8-6-16(12-19)5-7-17-11-16/h2-4,9,17H,5-8,10-12H2,1H3,(H,18,20). The van der Waals surface area contributed by atoms with Crippen LogP contribution in [0, 0.1) is 12.3 Å². The average molecular weight is 273 g/mol. The molecule has 0 aliphatic carbocycles. The third-order valence-corrected chi connectivity index (χ3v) is 4.52. The second kappa shape index (κ2) is 5.54. The number of hydrogen-bond acceptors (Lipinski definition) is 3. The minimum Gasteiger partial charge on any atom is -0.325 e. The topological polar surface area (TPSA) is 44.4 Å². The Morgan fingerprint density at radius 3 is 3.10 bits per heavy atom. The highest BCUT2D eigenvalue weighted by molar-refractivity contribution is 5.92. The Balaban J connectivity index is 1.52. The SMILES string of the molecule is Cc1cccc(NC(=O)CN2CCC3(CCNC3)C2)c1. The van der Waals surface area contributed by atoms with Crippen molar-refractivity contribution in [1.82, 2.24) is 10.2 Å². The largest absolute Gasteiger partial charge is 0.325 e. The van der Waals surface area contributed by atoms with Gasteiger partial charge >= 0.3 is 0 Å². The van der Waals surface area contributed by atoms with Crippen LogP contribution in [-0.2, 0) is 4.79 Å². The van der Waals surface area contributed by atoms with Crippen LogP contribution in [0.5, 0.6) is 0 Å². The molecule has 2 N–H and O–H groups in total. The number of nitrogens with one attached hydrogen (secondary N) is 2. The highest BCUT2D eigenvalue weighted by atomic mass is 16.2. The van der Waals surface area contributed by atoms with Gasteiger partial charge in [-0.2, -0.15) is 0 Å². The summed E-state index contributed by atoms with van der Waals surface area (Å²) in [6, 6.07) is 7.95. The van der Waals surface area contributed by atoms with Crippen LogP contribution in [-0.4, -0.2) is 43.5 Å². The maximum Gasteiger partial charge on any atom is 0.238 e. The number of carbonyl (C=O) groups is 1. The van der Waals surface area contributed by atoms with Gasteiger partial charge in [-0.25, -0.2) is 0 Å². The Kier molecular flexibility index (Phi) is 3.76. The fourth-order valence-electron chi connectivity index (χ4n) is 3.43. The molecular formula is C16H23N3O. The molecule has 2 saturated heterocycles. The zero-order chi connectivity index (χ0) is 14.0. The second-order valence-corrected chi connectivity index (χ2v) is 6.31. The molecule has 1 aromatic carbocycles. The van der Waals surface area contributed by atoms with E-state index in [0.717, 1.165) is 31.9 Å². The molecule has 20 heavy (non-hydrogen) atoms. The monoisotopic (exact) mass is 273 g/mol. The maximum atomic E-state index is 12.1. The van der Waals surface area contributed by atoms with Gasteiger partial charge in [0, 0.05) is 18.8 Å². The molecule has 0 bridgehead atoms. The molecule has 1 atom stereocenters. The number of hydrogen-bond donors (Lipinski definition) is 2. The van der Waals surface area contributed by atoms with E-state index in [2.05, 4.69) is 15.5 Å². The van der Waals surface area contributed by atoms with Crippen molar-refractivity contribution in [1.29, 1.82) is 0 Å². The summed E-state index contributed by atoms with van der Waals surface area (Å²) >= 11 is 0. The summed E-state index contributed by atoms with van der Waals surface area (Å²) in [4.78, 5) is 14.4. The van der Waals surface area contributed by atoms with Crippen molar-refractivity contribution in [2.24, 2.45) is 5.41 Å². The van der Waals surface area contributed by atoms with Crippen LogP contribution < -0.4 is 10.6 Å². The molecule has 1 spiro atoms. The van der Waals surface area contributed by atoms with E-state index in [4.69, 9.17) is 0 Å². The van der Waals surface area contributed by atoms with Gasteiger partial charge in [0.1, 0.15) is 0 Å². The lowest BCUT2D eigenvalue weighted by Crippen LogP contribution is -2.34. The van der Waals surface area contributed by atoms with Gasteiger partial charge in [0.2, 0.25) is 5.91 Å². The predicted octanol–water partition coefficient (Wildman–Crippen LogP) is 1.62. The van der Waals surface area contributed by atoms with Gasteiger partial charge in [0.25, 0.3) is 0 Å². The molecule has 4 nitrogen and oxygen atoms in total. The molecule has 1 amide bonds. The first-order valence-electron chi connectivity index (χ1n) is 7.45. The Hall–Kier alpha value is -1.39. The Bertz CT molecular complexity index is 494. The first kappa shape index (κ1) is 13.6. The first-order chi connectivity index (χ1) is 9.65. The van der Waals surface area contributed by atoms with Gasteiger partial charge < -0.3 is 10.6 Å². The molecule has 0 aromatic heterocycles. The van der Waals surface area contributed by atoms with E-state index in [1.54, 1.807) is 0 Å². The number of amides is 1. The lowest BCUT2D eigenvalue weighted by Gasteiger charge is -2.22. The van der Waals surface area contributed by atoms with Gasteiger partial charge in [-0.05, 0) is 56.0 Å². The fraction of sp³-hybridized carbons (Fsp3) is 0.562. The third kappa shape index (κ3) is 3.02. The van der Waals surface area contributed by atoms with E-state index in [9.17, 15) is 4.79 Å². The summed E-state index contributed by atoms with van der Waals surface area (Å²) in [6.07, 6.45) is 2.47. The molecule has 108 valence electrons. The van der Waals surface area contributed by atoms with Gasteiger partial charge in [0.05, 0.1) is 6.54 Å². The van der Waals surface area contributed by atoms with E-state index in [0.29, 0.717) is 12.0 Å². The summed E-state index contributed by atoms with van der Waals surface area (Å²) in [5.41, 5.74) is 2.50. The second-order valence-electron chi connectivity index (χ2n) is 6.31. The summed E-state index contributed by atoms with van der Waals surface area (Å²) in [7, 11) is 0. The molecular weight excluding hydrogens is 250 g/mol. The molecule has 2 fully saturated rings. The van der Waals surface area contributed by atoms with Crippen molar-refractivity contribution < 1.29 is 4.79 Å². The lowest BCUT2D eigenvalue weighted by atomic mass is 9.87. The normalized spacial score (nSPS) is 26.2. The van der Waals surface area contributed by atoms with E-state index in [1.807, 2.05) is 31.2 Å². The van der Waals surface area contributed by atoms with Crippen LogP contribution in [0.4, 0.5) is 5.69 Å². The van der Waals surface area contributed by atoms with Crippen molar-refractivity contribution >= 4 is 11.6 Å². The number of aryl methyl sites for hydroxylation is 1. The highest BCUT2D eigenvalue weighted by Crippen LogP contribution is 2.35. The predicted molar refractivity (Wildman–Crippen MR) is 80.8 cm³/mol. The van der Waals surface area contributed by atoms with Crippen molar-refractivity contribution in [2.45, 2.75) is 19.8 Å². The van der Waals surface area contributed by atoms with Gasteiger partial charge in [-0.1, -0.05) is 12.1 Å². The number of carbonyl (C=O) groups excluding carboxylic acids is 1. The number of benzene rings is 1. The third-order valence-electron chi connectivity index (χ3n) is 4.52.